The molecule has 0 spiro atoms. The zero-order chi connectivity index (χ0) is 21.8. The first-order valence-electron chi connectivity index (χ1n) is 8.98. The maximum Gasteiger partial charge on any atom is 0.259 e. The number of methoxy groups -OCH3 is 3. The second-order valence-corrected chi connectivity index (χ2v) is 7.60. The number of carbonyl (C=O) groups excluding carboxylic acids is 1. The lowest BCUT2D eigenvalue weighted by molar-refractivity contribution is -0.120. The molecule has 0 unspecified atom stereocenters. The number of rotatable bonds is 7. The summed E-state index contributed by atoms with van der Waals surface area (Å²) in [5.74, 6) is 1.39. The topological polar surface area (TPSA) is 115 Å². The molecule has 2 heterocycles. The normalized spacial score (nSPS) is 11.1. The summed E-state index contributed by atoms with van der Waals surface area (Å²) in [6.07, 6.45) is 1.33. The van der Waals surface area contributed by atoms with Crippen molar-refractivity contribution in [2.45, 2.75) is 20.3 Å². The van der Waals surface area contributed by atoms with Crippen molar-refractivity contribution in [1.82, 2.24) is 15.4 Å². The largest absolute Gasteiger partial charge is 0.496 e. The molecule has 3 aromatic rings. The third kappa shape index (κ3) is 4.28. The van der Waals surface area contributed by atoms with Gasteiger partial charge in [-0.1, -0.05) is 0 Å². The van der Waals surface area contributed by atoms with Gasteiger partial charge in [-0.25, -0.2) is 10.4 Å². The number of hydrogen-bond donors (Lipinski definition) is 2. The summed E-state index contributed by atoms with van der Waals surface area (Å²) in [4.78, 5) is 33.3. The highest BCUT2D eigenvalue weighted by Gasteiger charge is 2.14. The smallest absolute Gasteiger partial charge is 0.259 e. The van der Waals surface area contributed by atoms with Gasteiger partial charge in [-0.2, -0.15) is 5.10 Å². The number of aromatic nitrogens is 2. The van der Waals surface area contributed by atoms with Crippen LogP contribution in [-0.4, -0.2) is 43.4 Å². The fraction of sp³-hybridized carbons (Fsp3) is 0.300. The molecule has 0 aliphatic heterocycles. The van der Waals surface area contributed by atoms with E-state index in [1.165, 1.54) is 38.9 Å². The molecular weight excluding hydrogens is 408 g/mol. The minimum atomic E-state index is -0.418. The average Bonchev–Trinajstić information content (AvgIpc) is 3.01. The van der Waals surface area contributed by atoms with E-state index in [9.17, 15) is 9.59 Å². The number of hydrazone groups is 1. The third-order valence-electron chi connectivity index (χ3n) is 4.54. The second-order valence-electron chi connectivity index (χ2n) is 6.40. The number of nitrogens with zero attached hydrogens (tertiary/aromatic N) is 2. The molecule has 0 atom stereocenters. The quantitative estimate of drug-likeness (QED) is 0.439. The zero-order valence-corrected chi connectivity index (χ0v) is 18.1. The SMILES string of the molecule is COc1cc(OC)c(OC)cc1/C=N/NC(=O)Cc1nc2sc(C)c(C)c2c(=O)[nH]1. The number of aryl methyl sites for hydroxylation is 2. The Morgan fingerprint density at radius 2 is 1.83 bits per heavy atom. The van der Waals surface area contributed by atoms with Gasteiger partial charge in [0.25, 0.3) is 5.56 Å². The molecule has 9 nitrogen and oxygen atoms in total. The molecule has 0 aliphatic rings. The molecule has 2 N–H and O–H groups in total. The highest BCUT2D eigenvalue weighted by atomic mass is 32.1. The highest BCUT2D eigenvalue weighted by molar-refractivity contribution is 7.18. The van der Waals surface area contributed by atoms with Gasteiger partial charge >= 0.3 is 0 Å². The van der Waals surface area contributed by atoms with Crippen LogP contribution in [0.3, 0.4) is 0 Å². The molecule has 0 fully saturated rings. The Kier molecular flexibility index (Phi) is 6.36. The summed E-state index contributed by atoms with van der Waals surface area (Å²) in [5, 5.41) is 4.53. The van der Waals surface area contributed by atoms with Gasteiger partial charge in [0, 0.05) is 16.5 Å². The van der Waals surface area contributed by atoms with Gasteiger partial charge in [0.2, 0.25) is 5.91 Å². The van der Waals surface area contributed by atoms with Crippen LogP contribution in [0.5, 0.6) is 17.2 Å². The molecule has 1 aromatic carbocycles. The summed E-state index contributed by atoms with van der Waals surface area (Å²) >= 11 is 1.43. The summed E-state index contributed by atoms with van der Waals surface area (Å²) < 4.78 is 15.8. The Bertz CT molecular complexity index is 1180. The van der Waals surface area contributed by atoms with Crippen LogP contribution in [0.1, 0.15) is 21.8 Å². The number of thiophene rings is 1. The van der Waals surface area contributed by atoms with Crippen molar-refractivity contribution >= 4 is 33.7 Å². The number of H-pyrrole nitrogens is 1. The number of amides is 1. The van der Waals surface area contributed by atoms with E-state index in [4.69, 9.17) is 14.2 Å². The Labute approximate surface area is 176 Å². The lowest BCUT2D eigenvalue weighted by Crippen LogP contribution is -2.23. The molecule has 0 aliphatic carbocycles. The number of hydrogen-bond acceptors (Lipinski definition) is 8. The van der Waals surface area contributed by atoms with Crippen LogP contribution in [0.2, 0.25) is 0 Å². The lowest BCUT2D eigenvalue weighted by Gasteiger charge is -2.11. The van der Waals surface area contributed by atoms with Crippen molar-refractivity contribution in [3.05, 3.63) is 44.3 Å². The minimum Gasteiger partial charge on any atom is -0.496 e. The number of carbonyl (C=O) groups is 1. The van der Waals surface area contributed by atoms with Crippen molar-refractivity contribution in [2.24, 2.45) is 5.10 Å². The van der Waals surface area contributed by atoms with Crippen molar-refractivity contribution in [3.63, 3.8) is 0 Å². The fourth-order valence-electron chi connectivity index (χ4n) is 2.90. The van der Waals surface area contributed by atoms with Gasteiger partial charge in [-0.15, -0.1) is 11.3 Å². The van der Waals surface area contributed by atoms with Crippen LogP contribution in [0, 0.1) is 13.8 Å². The first-order valence-corrected chi connectivity index (χ1v) is 9.80. The number of fused-ring (bicyclic) bond motifs is 1. The zero-order valence-electron chi connectivity index (χ0n) is 17.3. The second kappa shape index (κ2) is 8.95. The van der Waals surface area contributed by atoms with Crippen LogP contribution >= 0.6 is 11.3 Å². The Balaban J connectivity index is 1.74. The predicted molar refractivity (Wildman–Crippen MR) is 115 cm³/mol. The van der Waals surface area contributed by atoms with Gasteiger partial charge < -0.3 is 19.2 Å². The van der Waals surface area contributed by atoms with Crippen molar-refractivity contribution in [3.8, 4) is 17.2 Å². The highest BCUT2D eigenvalue weighted by Crippen LogP contribution is 2.33. The predicted octanol–water partition coefficient (Wildman–Crippen LogP) is 2.32. The lowest BCUT2D eigenvalue weighted by atomic mass is 10.2. The standard InChI is InChI=1S/C20H22N4O5S/c1-10-11(2)30-20-18(10)19(26)22-16(23-20)8-17(25)24-21-9-12-6-14(28-4)15(29-5)7-13(12)27-3/h6-7,9H,8H2,1-5H3,(H,24,25)(H,22,23,26)/b21-9+. The van der Waals surface area contributed by atoms with Gasteiger partial charge in [-0.3, -0.25) is 9.59 Å². The third-order valence-corrected chi connectivity index (χ3v) is 5.65. The summed E-state index contributed by atoms with van der Waals surface area (Å²) in [6.45, 7) is 3.82. The van der Waals surface area contributed by atoms with E-state index in [1.54, 1.807) is 12.1 Å². The van der Waals surface area contributed by atoms with E-state index >= 15 is 0 Å². The van der Waals surface area contributed by atoms with E-state index in [-0.39, 0.29) is 17.8 Å². The Hall–Kier alpha value is -3.40. The van der Waals surface area contributed by atoms with E-state index in [0.717, 1.165) is 10.4 Å². The number of nitrogens with one attached hydrogen (secondary N) is 2. The van der Waals surface area contributed by atoms with Gasteiger partial charge in [-0.05, 0) is 25.5 Å². The molecular formula is C20H22N4O5S. The fourth-order valence-corrected chi connectivity index (χ4v) is 3.95. The van der Waals surface area contributed by atoms with Crippen LogP contribution < -0.4 is 25.2 Å². The molecule has 10 heteroatoms. The molecule has 0 radical (unpaired) electrons. The minimum absolute atomic E-state index is 0.110. The maximum atomic E-state index is 12.3. The van der Waals surface area contributed by atoms with Crippen LogP contribution in [0.4, 0.5) is 0 Å². The molecule has 158 valence electrons. The number of benzene rings is 1. The molecule has 2 aromatic heterocycles. The number of ether oxygens (including phenoxy) is 3. The van der Waals surface area contributed by atoms with Gasteiger partial charge in [0.15, 0.2) is 11.5 Å². The maximum absolute atomic E-state index is 12.3. The van der Waals surface area contributed by atoms with E-state index in [2.05, 4.69) is 20.5 Å². The first-order chi connectivity index (χ1) is 14.4. The molecule has 30 heavy (non-hydrogen) atoms. The molecule has 1 amide bonds. The van der Waals surface area contributed by atoms with Crippen molar-refractivity contribution in [2.75, 3.05) is 21.3 Å². The van der Waals surface area contributed by atoms with Gasteiger partial charge in [0.05, 0.1) is 39.4 Å². The monoisotopic (exact) mass is 430 g/mol. The molecule has 0 bridgehead atoms. The van der Waals surface area contributed by atoms with E-state index in [1.807, 2.05) is 13.8 Å². The van der Waals surface area contributed by atoms with Crippen LogP contribution in [0.25, 0.3) is 10.2 Å². The summed E-state index contributed by atoms with van der Waals surface area (Å²) in [6, 6.07) is 3.35. The van der Waals surface area contributed by atoms with E-state index in [0.29, 0.717) is 33.0 Å². The molecule has 3 rings (SSSR count). The van der Waals surface area contributed by atoms with Gasteiger partial charge in [0.1, 0.15) is 16.4 Å². The van der Waals surface area contributed by atoms with E-state index < -0.39 is 5.91 Å². The van der Waals surface area contributed by atoms with Crippen molar-refractivity contribution in [1.29, 1.82) is 0 Å². The molecule has 0 saturated heterocycles. The Morgan fingerprint density at radius 3 is 2.50 bits per heavy atom. The molecule has 0 saturated carbocycles. The summed E-state index contributed by atoms with van der Waals surface area (Å²) in [5.41, 5.74) is 3.68. The average molecular weight is 430 g/mol. The van der Waals surface area contributed by atoms with Crippen LogP contribution in [0.15, 0.2) is 22.0 Å². The number of aromatic amines is 1. The first kappa shape index (κ1) is 21.3. The summed E-state index contributed by atoms with van der Waals surface area (Å²) in [7, 11) is 4.57. The van der Waals surface area contributed by atoms with Crippen LogP contribution in [-0.2, 0) is 11.2 Å². The van der Waals surface area contributed by atoms with Crippen molar-refractivity contribution < 1.29 is 19.0 Å². The Morgan fingerprint density at radius 1 is 1.17 bits per heavy atom.